The number of carbonyl (C=O) groups is 3. The third-order valence-electron chi connectivity index (χ3n) is 6.14. The number of benzene rings is 2. The summed E-state index contributed by atoms with van der Waals surface area (Å²) in [6.45, 7) is 14.0. The van der Waals surface area contributed by atoms with Gasteiger partial charge in [-0.1, -0.05) is 55.0 Å². The molecular weight excluding hydrogens is 470 g/mol. The highest BCUT2D eigenvalue weighted by atomic mass is 16.6. The predicted molar refractivity (Wildman–Crippen MR) is 145 cm³/mol. The first-order chi connectivity index (χ1) is 17.3. The number of para-hydroxylation sites is 1. The van der Waals surface area contributed by atoms with Gasteiger partial charge >= 0.3 is 6.09 Å². The van der Waals surface area contributed by atoms with Crippen LogP contribution in [0.4, 0.5) is 10.5 Å². The maximum Gasteiger partial charge on any atom is 0.408 e. The highest BCUT2D eigenvalue weighted by Gasteiger charge is 2.38. The van der Waals surface area contributed by atoms with Gasteiger partial charge in [0.1, 0.15) is 17.7 Å². The van der Waals surface area contributed by atoms with Gasteiger partial charge in [0.2, 0.25) is 5.91 Å². The van der Waals surface area contributed by atoms with E-state index in [1.807, 2.05) is 77.1 Å². The van der Waals surface area contributed by atoms with Crippen LogP contribution in [0.5, 0.6) is 0 Å². The monoisotopic (exact) mass is 511 g/mol. The Kier molecular flexibility index (Phi) is 10.3. The van der Waals surface area contributed by atoms with Gasteiger partial charge < -0.3 is 25.4 Å². The molecule has 0 aliphatic rings. The summed E-state index contributed by atoms with van der Waals surface area (Å²) in [6, 6.07) is 10.5. The first kappa shape index (κ1) is 29.8. The lowest BCUT2D eigenvalue weighted by Crippen LogP contribution is -2.56. The van der Waals surface area contributed by atoms with E-state index >= 15 is 0 Å². The summed E-state index contributed by atoms with van der Waals surface area (Å²) in [6.07, 6.45) is -0.272. The normalized spacial score (nSPS) is 13.8. The second kappa shape index (κ2) is 12.7. The highest BCUT2D eigenvalue weighted by molar-refractivity contribution is 6.00. The number of nitrogens with one attached hydrogen (secondary N) is 2. The largest absolute Gasteiger partial charge is 0.444 e. The van der Waals surface area contributed by atoms with Gasteiger partial charge in [-0.2, -0.15) is 0 Å². The SMILES string of the molecule is CCC(C)N(C(=O)C(CO)NC(=O)OC(C)(C)C)C(C(=O)Nc1c(C)cccc1C)c1ccc(C)cc1. The zero-order valence-electron chi connectivity index (χ0n) is 23.2. The Labute approximate surface area is 220 Å². The van der Waals surface area contributed by atoms with Crippen LogP contribution in [0.2, 0.25) is 0 Å². The quantitative estimate of drug-likeness (QED) is 0.448. The number of rotatable bonds is 9. The van der Waals surface area contributed by atoms with E-state index in [0.29, 0.717) is 17.7 Å². The molecule has 37 heavy (non-hydrogen) atoms. The fourth-order valence-electron chi connectivity index (χ4n) is 4.00. The van der Waals surface area contributed by atoms with Crippen molar-refractivity contribution in [3.63, 3.8) is 0 Å². The van der Waals surface area contributed by atoms with Crippen molar-refractivity contribution in [3.05, 3.63) is 64.7 Å². The topological polar surface area (TPSA) is 108 Å². The molecule has 202 valence electrons. The smallest absolute Gasteiger partial charge is 0.408 e. The van der Waals surface area contributed by atoms with Crippen LogP contribution in [-0.2, 0) is 14.3 Å². The maximum atomic E-state index is 13.9. The number of aliphatic hydroxyl groups is 1. The number of hydrogen-bond donors (Lipinski definition) is 3. The average Bonchev–Trinajstić information content (AvgIpc) is 2.82. The molecule has 8 nitrogen and oxygen atoms in total. The van der Waals surface area contributed by atoms with Crippen molar-refractivity contribution in [2.75, 3.05) is 11.9 Å². The summed E-state index contributed by atoms with van der Waals surface area (Å²) in [5, 5.41) is 15.6. The van der Waals surface area contributed by atoms with E-state index in [9.17, 15) is 19.5 Å². The van der Waals surface area contributed by atoms with Crippen molar-refractivity contribution in [2.24, 2.45) is 0 Å². The summed E-state index contributed by atoms with van der Waals surface area (Å²) >= 11 is 0. The first-order valence-corrected chi connectivity index (χ1v) is 12.6. The van der Waals surface area contributed by atoms with Gasteiger partial charge in [0, 0.05) is 11.7 Å². The predicted octanol–water partition coefficient (Wildman–Crippen LogP) is 4.80. The number of hydrogen-bond acceptors (Lipinski definition) is 5. The van der Waals surface area contributed by atoms with Crippen LogP contribution in [0.25, 0.3) is 0 Å². The highest BCUT2D eigenvalue weighted by Crippen LogP contribution is 2.29. The van der Waals surface area contributed by atoms with Crippen LogP contribution in [-0.4, -0.2) is 52.2 Å². The summed E-state index contributed by atoms with van der Waals surface area (Å²) in [7, 11) is 0. The first-order valence-electron chi connectivity index (χ1n) is 12.6. The van der Waals surface area contributed by atoms with Crippen molar-refractivity contribution in [1.82, 2.24) is 10.2 Å². The zero-order valence-corrected chi connectivity index (χ0v) is 23.2. The summed E-state index contributed by atoms with van der Waals surface area (Å²) in [4.78, 5) is 41.7. The maximum absolute atomic E-state index is 13.9. The Morgan fingerprint density at radius 2 is 1.57 bits per heavy atom. The Balaban J connectivity index is 2.54. The number of carbonyl (C=O) groups excluding carboxylic acids is 3. The van der Waals surface area contributed by atoms with E-state index in [1.54, 1.807) is 20.8 Å². The van der Waals surface area contributed by atoms with E-state index in [2.05, 4.69) is 10.6 Å². The van der Waals surface area contributed by atoms with Gasteiger partial charge in [-0.05, 0) is 71.6 Å². The van der Waals surface area contributed by atoms with Gasteiger partial charge in [0.15, 0.2) is 0 Å². The molecule has 3 atom stereocenters. The molecule has 0 fully saturated rings. The third-order valence-corrected chi connectivity index (χ3v) is 6.14. The molecule has 0 aliphatic carbocycles. The third kappa shape index (κ3) is 8.05. The minimum atomic E-state index is -1.29. The molecule has 0 saturated heterocycles. The van der Waals surface area contributed by atoms with Crippen LogP contribution < -0.4 is 10.6 Å². The van der Waals surface area contributed by atoms with Crippen molar-refractivity contribution in [3.8, 4) is 0 Å². The van der Waals surface area contributed by atoms with Gasteiger partial charge in [0.05, 0.1) is 6.61 Å². The minimum absolute atomic E-state index is 0.378. The van der Waals surface area contributed by atoms with Gasteiger partial charge in [-0.25, -0.2) is 4.79 Å². The Morgan fingerprint density at radius 3 is 2.05 bits per heavy atom. The van der Waals surface area contributed by atoms with E-state index in [0.717, 1.165) is 16.7 Å². The molecule has 3 amide bonds. The number of aliphatic hydroxyl groups excluding tert-OH is 1. The van der Waals surface area contributed by atoms with Gasteiger partial charge in [-0.15, -0.1) is 0 Å². The minimum Gasteiger partial charge on any atom is -0.444 e. The molecule has 2 aromatic rings. The molecule has 0 aliphatic heterocycles. The molecule has 0 radical (unpaired) electrons. The summed E-state index contributed by atoms with van der Waals surface area (Å²) in [5.41, 5.74) is 3.34. The van der Waals surface area contributed by atoms with Crippen LogP contribution >= 0.6 is 0 Å². The van der Waals surface area contributed by atoms with Crippen LogP contribution in [0.1, 0.15) is 69.3 Å². The molecule has 2 rings (SSSR count). The van der Waals surface area contributed by atoms with Crippen LogP contribution in [0, 0.1) is 20.8 Å². The van der Waals surface area contributed by atoms with Crippen LogP contribution in [0.3, 0.4) is 0 Å². The zero-order chi connectivity index (χ0) is 27.9. The second-order valence-electron chi connectivity index (χ2n) is 10.5. The van der Waals surface area contributed by atoms with Gasteiger partial charge in [-0.3, -0.25) is 9.59 Å². The van der Waals surface area contributed by atoms with E-state index in [1.165, 1.54) is 4.90 Å². The fourth-order valence-corrected chi connectivity index (χ4v) is 4.00. The lowest BCUT2D eigenvalue weighted by atomic mass is 9.98. The van der Waals surface area contributed by atoms with Crippen molar-refractivity contribution in [2.45, 2.75) is 85.5 Å². The molecule has 0 spiro atoms. The van der Waals surface area contributed by atoms with Crippen molar-refractivity contribution < 1.29 is 24.2 Å². The molecule has 0 heterocycles. The summed E-state index contributed by atoms with van der Waals surface area (Å²) in [5.74, 6) is -0.964. The van der Waals surface area contributed by atoms with Gasteiger partial charge in [0.25, 0.3) is 5.91 Å². The lowest BCUT2D eigenvalue weighted by Gasteiger charge is -2.38. The van der Waals surface area contributed by atoms with E-state index < -0.39 is 36.3 Å². The number of aryl methyl sites for hydroxylation is 3. The fraction of sp³-hybridized carbons (Fsp3) is 0.483. The number of anilines is 1. The molecule has 0 saturated carbocycles. The molecule has 3 N–H and O–H groups in total. The molecule has 2 aromatic carbocycles. The average molecular weight is 512 g/mol. The Hall–Kier alpha value is -3.39. The standard InChI is InChI=1S/C29H41N3O5/c1-9-21(5)32(27(35)23(17-33)30-28(36)37-29(6,7)8)25(22-15-13-18(2)14-16-22)26(34)31-24-19(3)11-10-12-20(24)4/h10-16,21,23,25,33H,9,17H2,1-8H3,(H,30,36)(H,31,34). The molecular formula is C29H41N3O5. The van der Waals surface area contributed by atoms with E-state index in [-0.39, 0.29) is 11.9 Å². The Bertz CT molecular complexity index is 1070. The lowest BCUT2D eigenvalue weighted by molar-refractivity contribution is -0.144. The van der Waals surface area contributed by atoms with Crippen molar-refractivity contribution in [1.29, 1.82) is 0 Å². The van der Waals surface area contributed by atoms with Crippen molar-refractivity contribution >= 4 is 23.6 Å². The van der Waals surface area contributed by atoms with Crippen LogP contribution in [0.15, 0.2) is 42.5 Å². The number of ether oxygens (including phenoxy) is 1. The number of amides is 3. The van der Waals surface area contributed by atoms with E-state index in [4.69, 9.17) is 4.74 Å². The number of nitrogens with zero attached hydrogens (tertiary/aromatic N) is 1. The Morgan fingerprint density at radius 1 is 1.00 bits per heavy atom. The molecule has 3 unspecified atom stereocenters. The molecule has 8 heteroatoms. The second-order valence-corrected chi connectivity index (χ2v) is 10.5. The molecule has 0 bridgehead atoms. The molecule has 0 aromatic heterocycles. The number of alkyl carbamates (subject to hydrolysis) is 1. The summed E-state index contributed by atoms with van der Waals surface area (Å²) < 4.78 is 5.29.